The van der Waals surface area contributed by atoms with Crippen LogP contribution in [0.25, 0.3) is 5.69 Å². The monoisotopic (exact) mass is 312 g/mol. The Kier molecular flexibility index (Phi) is 4.51. The fourth-order valence-corrected chi connectivity index (χ4v) is 1.91. The van der Waals surface area contributed by atoms with Crippen LogP contribution in [0.5, 0.6) is 0 Å². The lowest BCUT2D eigenvalue weighted by molar-refractivity contribution is -0.142. The van der Waals surface area contributed by atoms with E-state index in [1.807, 2.05) is 0 Å². The van der Waals surface area contributed by atoms with Crippen LogP contribution in [0.1, 0.15) is 19.0 Å². The Balaban J connectivity index is 2.16. The summed E-state index contributed by atoms with van der Waals surface area (Å²) in [7, 11) is 0. The molecule has 1 heterocycles. The van der Waals surface area contributed by atoms with Gasteiger partial charge in [0.05, 0.1) is 11.9 Å². The molecule has 0 spiro atoms. The predicted octanol–water partition coefficient (Wildman–Crippen LogP) is 2.57. The van der Waals surface area contributed by atoms with Gasteiger partial charge in [-0.2, -0.15) is 18.3 Å². The largest absolute Gasteiger partial charge is 0.433 e. The maximum Gasteiger partial charge on any atom is 0.433 e. The second kappa shape index (κ2) is 6.18. The Morgan fingerprint density at radius 2 is 1.95 bits per heavy atom. The number of hydrogen-bond acceptors (Lipinski definition) is 3. The fraction of sp³-hybridized carbons (Fsp3) is 0.286. The average molecular weight is 312 g/mol. The van der Waals surface area contributed by atoms with E-state index in [1.54, 1.807) is 6.92 Å². The highest BCUT2D eigenvalue weighted by atomic mass is 19.4. The maximum absolute atomic E-state index is 12.8. The summed E-state index contributed by atoms with van der Waals surface area (Å²) >= 11 is 0. The van der Waals surface area contributed by atoms with Crippen molar-refractivity contribution < 1.29 is 18.0 Å². The van der Waals surface area contributed by atoms with Crippen LogP contribution in [0.15, 0.2) is 36.5 Å². The topological polar surface area (TPSA) is 72.9 Å². The fourth-order valence-electron chi connectivity index (χ4n) is 1.91. The van der Waals surface area contributed by atoms with Crippen molar-refractivity contribution in [1.29, 1.82) is 0 Å². The molecule has 0 aliphatic heterocycles. The molecule has 0 radical (unpaired) electrons. The van der Waals surface area contributed by atoms with E-state index >= 15 is 0 Å². The maximum atomic E-state index is 12.8. The lowest BCUT2D eigenvalue weighted by atomic mass is 10.2. The van der Waals surface area contributed by atoms with Crippen molar-refractivity contribution in [1.82, 2.24) is 9.78 Å². The standard InChI is InChI=1S/C14H15F3N4O/c1-9(18)8-13(22)20-10-2-4-11(5-3-10)21-12(6-7-19-21)14(15,16)17/h2-7,9H,8,18H2,1H3,(H,20,22). The minimum absolute atomic E-state index is 0.166. The highest BCUT2D eigenvalue weighted by Crippen LogP contribution is 2.30. The van der Waals surface area contributed by atoms with Gasteiger partial charge in [0.15, 0.2) is 0 Å². The molecule has 3 N–H and O–H groups in total. The van der Waals surface area contributed by atoms with E-state index in [2.05, 4.69) is 10.4 Å². The summed E-state index contributed by atoms with van der Waals surface area (Å²) in [6.07, 6.45) is -3.24. The lowest BCUT2D eigenvalue weighted by Crippen LogP contribution is -2.23. The number of aromatic nitrogens is 2. The number of carbonyl (C=O) groups excluding carboxylic acids is 1. The van der Waals surface area contributed by atoms with Crippen molar-refractivity contribution in [3.8, 4) is 5.69 Å². The normalized spacial score (nSPS) is 13.0. The molecule has 2 aromatic rings. The number of halogens is 3. The third kappa shape index (κ3) is 3.85. The summed E-state index contributed by atoms with van der Waals surface area (Å²) in [5.74, 6) is -0.252. The zero-order chi connectivity index (χ0) is 16.3. The first-order chi connectivity index (χ1) is 10.3. The number of carbonyl (C=O) groups is 1. The van der Waals surface area contributed by atoms with Crippen LogP contribution in [-0.4, -0.2) is 21.7 Å². The van der Waals surface area contributed by atoms with Gasteiger partial charge in [-0.15, -0.1) is 0 Å². The molecule has 0 fully saturated rings. The number of rotatable bonds is 4. The number of anilines is 1. The molecule has 1 amide bonds. The third-order valence-corrected chi connectivity index (χ3v) is 2.84. The van der Waals surface area contributed by atoms with Crippen LogP contribution in [0.2, 0.25) is 0 Å². The minimum Gasteiger partial charge on any atom is -0.327 e. The molecular formula is C14H15F3N4O. The number of hydrogen-bond donors (Lipinski definition) is 2. The molecule has 5 nitrogen and oxygen atoms in total. The molecule has 118 valence electrons. The van der Waals surface area contributed by atoms with E-state index in [0.29, 0.717) is 5.69 Å². The van der Waals surface area contributed by atoms with Crippen molar-refractivity contribution in [3.05, 3.63) is 42.2 Å². The molecule has 1 aromatic carbocycles. The lowest BCUT2D eigenvalue weighted by Gasteiger charge is -2.11. The van der Waals surface area contributed by atoms with Crippen molar-refractivity contribution in [3.63, 3.8) is 0 Å². The minimum atomic E-state index is -4.49. The van der Waals surface area contributed by atoms with E-state index < -0.39 is 11.9 Å². The Hall–Kier alpha value is -2.35. The second-order valence-electron chi connectivity index (χ2n) is 4.90. The first-order valence-electron chi connectivity index (χ1n) is 6.54. The number of alkyl halides is 3. The van der Waals surface area contributed by atoms with Crippen LogP contribution >= 0.6 is 0 Å². The molecule has 22 heavy (non-hydrogen) atoms. The SMILES string of the molecule is CC(N)CC(=O)Nc1ccc(-n2nccc2C(F)(F)F)cc1. The van der Waals surface area contributed by atoms with Crippen LogP contribution < -0.4 is 11.1 Å². The summed E-state index contributed by atoms with van der Waals surface area (Å²) in [4.78, 5) is 11.6. The molecule has 1 aromatic heterocycles. The summed E-state index contributed by atoms with van der Waals surface area (Å²) in [6, 6.07) is 6.55. The molecular weight excluding hydrogens is 297 g/mol. The highest BCUT2D eigenvalue weighted by Gasteiger charge is 2.35. The van der Waals surface area contributed by atoms with Crippen LogP contribution in [-0.2, 0) is 11.0 Å². The second-order valence-corrected chi connectivity index (χ2v) is 4.90. The molecule has 1 unspecified atom stereocenters. The number of nitrogens with two attached hydrogens (primary N) is 1. The Labute approximate surface area is 124 Å². The Morgan fingerprint density at radius 1 is 1.32 bits per heavy atom. The third-order valence-electron chi connectivity index (χ3n) is 2.84. The van der Waals surface area contributed by atoms with Gasteiger partial charge in [0.1, 0.15) is 5.69 Å². The quantitative estimate of drug-likeness (QED) is 0.911. The van der Waals surface area contributed by atoms with Crippen molar-refractivity contribution in [2.45, 2.75) is 25.6 Å². The van der Waals surface area contributed by atoms with E-state index in [4.69, 9.17) is 5.73 Å². The molecule has 0 saturated heterocycles. The Morgan fingerprint density at radius 3 is 2.50 bits per heavy atom. The van der Waals surface area contributed by atoms with Crippen molar-refractivity contribution in [2.24, 2.45) is 5.73 Å². The van der Waals surface area contributed by atoms with Gasteiger partial charge in [0, 0.05) is 18.2 Å². The van der Waals surface area contributed by atoms with Gasteiger partial charge < -0.3 is 11.1 Å². The summed E-state index contributed by atoms with van der Waals surface area (Å²) in [6.45, 7) is 1.71. The van der Waals surface area contributed by atoms with Crippen LogP contribution in [0, 0.1) is 0 Å². The zero-order valence-electron chi connectivity index (χ0n) is 11.8. The Bertz CT molecular complexity index is 647. The van der Waals surface area contributed by atoms with Crippen LogP contribution in [0.4, 0.5) is 18.9 Å². The smallest absolute Gasteiger partial charge is 0.327 e. The molecule has 0 saturated carbocycles. The average Bonchev–Trinajstić information content (AvgIpc) is 2.87. The van der Waals surface area contributed by atoms with Gasteiger partial charge in [-0.05, 0) is 37.3 Å². The van der Waals surface area contributed by atoms with Crippen molar-refractivity contribution >= 4 is 11.6 Å². The first-order valence-corrected chi connectivity index (χ1v) is 6.54. The van der Waals surface area contributed by atoms with Gasteiger partial charge in [0.2, 0.25) is 5.91 Å². The molecule has 8 heteroatoms. The summed E-state index contributed by atoms with van der Waals surface area (Å²) < 4.78 is 39.2. The summed E-state index contributed by atoms with van der Waals surface area (Å²) in [5.41, 5.74) is 5.39. The van der Waals surface area contributed by atoms with Crippen molar-refractivity contribution in [2.75, 3.05) is 5.32 Å². The van der Waals surface area contributed by atoms with Gasteiger partial charge in [-0.25, -0.2) is 4.68 Å². The molecule has 0 aliphatic rings. The molecule has 0 bridgehead atoms. The van der Waals surface area contributed by atoms with E-state index in [1.165, 1.54) is 24.3 Å². The van der Waals surface area contributed by atoms with E-state index in [-0.39, 0.29) is 24.1 Å². The first kappa shape index (κ1) is 16.0. The van der Waals surface area contributed by atoms with Gasteiger partial charge in [-0.1, -0.05) is 0 Å². The highest BCUT2D eigenvalue weighted by molar-refractivity contribution is 5.91. The molecule has 0 aliphatic carbocycles. The number of amides is 1. The number of nitrogens with zero attached hydrogens (tertiary/aromatic N) is 2. The van der Waals surface area contributed by atoms with Crippen LogP contribution in [0.3, 0.4) is 0 Å². The molecule has 2 rings (SSSR count). The summed E-state index contributed by atoms with van der Waals surface area (Å²) in [5, 5.41) is 6.30. The zero-order valence-corrected chi connectivity index (χ0v) is 11.8. The number of benzene rings is 1. The van der Waals surface area contributed by atoms with E-state index in [0.717, 1.165) is 16.9 Å². The predicted molar refractivity (Wildman–Crippen MR) is 75.5 cm³/mol. The van der Waals surface area contributed by atoms with E-state index in [9.17, 15) is 18.0 Å². The van der Waals surface area contributed by atoms with Gasteiger partial charge in [-0.3, -0.25) is 4.79 Å². The van der Waals surface area contributed by atoms with Gasteiger partial charge in [0.25, 0.3) is 0 Å². The van der Waals surface area contributed by atoms with Gasteiger partial charge >= 0.3 is 6.18 Å². The molecule has 1 atom stereocenters. The number of nitrogens with one attached hydrogen (secondary N) is 1.